The average Bonchev–Trinajstić information content (AvgIpc) is 3.12. The predicted octanol–water partition coefficient (Wildman–Crippen LogP) is 0.209. The molecule has 35 heavy (non-hydrogen) atoms. The molecule has 1 atom stereocenters. The zero-order valence-corrected chi connectivity index (χ0v) is 23.6. The molecule has 1 unspecified atom stereocenters. The van der Waals surface area contributed by atoms with Crippen LogP contribution < -0.4 is 36.4 Å². The molecule has 0 saturated carbocycles. The Kier molecular flexibility index (Phi) is 8.86. The van der Waals surface area contributed by atoms with E-state index in [9.17, 15) is 0 Å². The maximum Gasteiger partial charge on any atom is -1.00 e. The van der Waals surface area contributed by atoms with Crippen molar-refractivity contribution in [1.29, 1.82) is 0 Å². The Labute approximate surface area is 225 Å². The number of hydrogen-bond acceptors (Lipinski definition) is 1. The van der Waals surface area contributed by atoms with Crippen molar-refractivity contribution in [3.05, 3.63) is 120 Å². The fourth-order valence-electron chi connectivity index (χ4n) is 5.60. The van der Waals surface area contributed by atoms with E-state index in [-0.39, 0.29) is 24.8 Å². The molecule has 1 aliphatic carbocycles. The first kappa shape index (κ1) is 27.5. The van der Waals surface area contributed by atoms with Gasteiger partial charge in [-0.3, -0.25) is 0 Å². The monoisotopic (exact) mass is 536 g/mol. The Hall–Kier alpha value is -2.13. The van der Waals surface area contributed by atoms with Gasteiger partial charge >= 0.3 is 202 Å². The molecule has 1 aliphatic rings. The third-order valence-electron chi connectivity index (χ3n) is 7.19. The van der Waals surface area contributed by atoms with Crippen molar-refractivity contribution in [2.75, 3.05) is 7.11 Å². The van der Waals surface area contributed by atoms with Crippen LogP contribution in [-0.4, -0.2) is 7.11 Å². The van der Waals surface area contributed by atoms with Crippen LogP contribution in [-0.2, 0) is 20.3 Å². The van der Waals surface area contributed by atoms with E-state index < -0.39 is 17.0 Å². The van der Waals surface area contributed by atoms with Crippen LogP contribution in [0.15, 0.2) is 114 Å². The minimum atomic E-state index is -3.54. The molecular weight excluding hydrogens is 507 g/mol. The molecule has 0 amide bonds. The van der Waals surface area contributed by atoms with Gasteiger partial charge in [-0.2, -0.15) is 0 Å². The van der Waals surface area contributed by atoms with Crippen molar-refractivity contribution in [2.45, 2.75) is 20.8 Å². The molecule has 4 aromatic carbocycles. The van der Waals surface area contributed by atoms with Crippen molar-refractivity contribution >= 4 is 28.0 Å². The van der Waals surface area contributed by atoms with Gasteiger partial charge in [0.2, 0.25) is 0 Å². The molecule has 0 radical (unpaired) electrons. The zero-order valence-electron chi connectivity index (χ0n) is 20.6. The van der Waals surface area contributed by atoms with Gasteiger partial charge in [0.05, 0.1) is 0 Å². The van der Waals surface area contributed by atoms with Crippen LogP contribution in [0.4, 0.5) is 0 Å². The Morgan fingerprint density at radius 2 is 1.23 bits per heavy atom. The summed E-state index contributed by atoms with van der Waals surface area (Å²) in [5.74, 6) is 0.383. The smallest absolute Gasteiger partial charge is 1.00 e. The molecule has 0 spiro atoms. The van der Waals surface area contributed by atoms with Gasteiger partial charge in [0.15, 0.2) is 0 Å². The van der Waals surface area contributed by atoms with Crippen LogP contribution >= 0.6 is 0 Å². The molecule has 1 nitrogen and oxygen atoms in total. The first-order valence-corrected chi connectivity index (χ1v) is 14.6. The van der Waals surface area contributed by atoms with E-state index in [0.717, 1.165) is 0 Å². The zero-order chi connectivity index (χ0) is 23.0. The predicted molar refractivity (Wildman–Crippen MR) is 138 cm³/mol. The van der Waals surface area contributed by atoms with E-state index in [0.29, 0.717) is 5.92 Å². The minimum absolute atomic E-state index is 0. The quantitative estimate of drug-likeness (QED) is 0.331. The van der Waals surface area contributed by atoms with Gasteiger partial charge in [-0.25, -0.2) is 0 Å². The summed E-state index contributed by atoms with van der Waals surface area (Å²) in [5.41, 5.74) is 5.56. The van der Waals surface area contributed by atoms with Crippen molar-refractivity contribution in [3.63, 3.8) is 0 Å². The first-order valence-electron chi connectivity index (χ1n) is 11.7. The summed E-state index contributed by atoms with van der Waals surface area (Å²) in [6.45, 7) is 6.83. The maximum atomic E-state index is 6.85. The van der Waals surface area contributed by atoms with Crippen LogP contribution in [0.5, 0.6) is 0 Å². The Morgan fingerprint density at radius 1 is 0.686 bits per heavy atom. The van der Waals surface area contributed by atoms with Crippen molar-refractivity contribution in [3.8, 4) is 0 Å². The summed E-state index contributed by atoms with van der Waals surface area (Å²) in [6.07, 6.45) is 2.40. The Balaban J connectivity index is 0.00000171. The molecule has 0 bridgehead atoms. The van der Waals surface area contributed by atoms with Crippen LogP contribution in [0, 0.1) is 5.92 Å². The normalized spacial score (nSPS) is 15.0. The summed E-state index contributed by atoms with van der Waals surface area (Å²) in [7, 11) is 1.92. The molecule has 0 aliphatic heterocycles. The van der Waals surface area contributed by atoms with Crippen molar-refractivity contribution in [2.24, 2.45) is 5.92 Å². The molecule has 178 valence electrons. The van der Waals surface area contributed by atoms with Gasteiger partial charge in [0.1, 0.15) is 0 Å². The van der Waals surface area contributed by atoms with E-state index in [2.05, 4.69) is 124 Å². The summed E-state index contributed by atoms with van der Waals surface area (Å²) in [4.78, 5) is 0. The van der Waals surface area contributed by atoms with Gasteiger partial charge in [-0.15, -0.1) is 0 Å². The van der Waals surface area contributed by atoms with Gasteiger partial charge in [-0.1, -0.05) is 0 Å². The topological polar surface area (TPSA) is 9.23 Å². The number of fused-ring (bicyclic) bond motifs is 1. The number of benzene rings is 4. The molecule has 5 rings (SSSR count). The SMILES string of the molecule is C[O][Ti+2]([c]1ccccc1)([c]1ccccc1)[c]1c(C2=C(C)C(C)=CC2C)ccc2ccccc12.[Cl-].[Cl-]. The fourth-order valence-corrected chi connectivity index (χ4v) is 12.0. The first-order chi connectivity index (χ1) is 16.1. The summed E-state index contributed by atoms with van der Waals surface area (Å²) in [5, 5.41) is 2.57. The van der Waals surface area contributed by atoms with Gasteiger partial charge in [-0.05, 0) is 0 Å². The second-order valence-electron chi connectivity index (χ2n) is 9.00. The van der Waals surface area contributed by atoms with Gasteiger partial charge in [0.25, 0.3) is 0 Å². The molecule has 0 N–H and O–H groups in total. The van der Waals surface area contributed by atoms with E-state index >= 15 is 0 Å². The summed E-state index contributed by atoms with van der Waals surface area (Å²) >= 11 is -3.54. The number of hydrogen-bond donors (Lipinski definition) is 0. The van der Waals surface area contributed by atoms with Crippen LogP contribution in [0.2, 0.25) is 0 Å². The van der Waals surface area contributed by atoms with Crippen LogP contribution in [0.25, 0.3) is 16.3 Å². The van der Waals surface area contributed by atoms with Crippen molar-refractivity contribution in [1.82, 2.24) is 0 Å². The number of rotatable bonds is 5. The van der Waals surface area contributed by atoms with Crippen LogP contribution in [0.1, 0.15) is 26.3 Å². The number of allylic oxidation sites excluding steroid dienone is 4. The minimum Gasteiger partial charge on any atom is -1.00 e. The standard InChI is InChI=1S/C18H17.2C6H5.CH3O.2ClH.Ti/c1-12-10-13(2)18(14(12)3)17-9-8-15-6-4-5-7-16(15)11-17;2*1-2-4-6-5-3-1;1-2;;;/h4-10,13H,1-3H3;2*1-5H;1H3;2*1H;/q;;;-1;;;+3/p-2. The largest absolute Gasteiger partial charge is 1.00 e. The maximum absolute atomic E-state index is 6.85. The second kappa shape index (κ2) is 11.3. The van der Waals surface area contributed by atoms with E-state index in [1.165, 1.54) is 44.7 Å². The average molecular weight is 537 g/mol. The molecule has 4 aromatic rings. The molecule has 0 fully saturated rings. The molecule has 0 heterocycles. The Morgan fingerprint density at radius 3 is 1.74 bits per heavy atom. The molecule has 0 aromatic heterocycles. The molecular formula is C31H30Cl2OTi. The van der Waals surface area contributed by atoms with Crippen molar-refractivity contribution < 1.29 is 45.1 Å². The van der Waals surface area contributed by atoms with E-state index in [1.54, 1.807) is 0 Å². The molecule has 4 heteroatoms. The number of halogens is 2. The summed E-state index contributed by atoms with van der Waals surface area (Å²) in [6, 6.07) is 35.3. The van der Waals surface area contributed by atoms with Gasteiger partial charge in [0, 0.05) is 0 Å². The van der Waals surface area contributed by atoms with E-state index in [1.807, 2.05) is 7.11 Å². The fraction of sp³-hybridized carbons (Fsp3) is 0.161. The summed E-state index contributed by atoms with van der Waals surface area (Å²) < 4.78 is 10.9. The van der Waals surface area contributed by atoms with Gasteiger partial charge < -0.3 is 24.8 Å². The van der Waals surface area contributed by atoms with E-state index in [4.69, 9.17) is 3.32 Å². The Bertz CT molecular complexity index is 1340. The third kappa shape index (κ3) is 4.57. The third-order valence-corrected chi connectivity index (χ3v) is 13.7. The molecule has 0 saturated heterocycles. The second-order valence-corrected chi connectivity index (χ2v) is 14.4. The van der Waals surface area contributed by atoms with Crippen LogP contribution in [0.3, 0.4) is 0 Å².